The van der Waals surface area contributed by atoms with E-state index in [-0.39, 0.29) is 11.8 Å². The van der Waals surface area contributed by atoms with Gasteiger partial charge < -0.3 is 10.0 Å². The van der Waals surface area contributed by atoms with Gasteiger partial charge >= 0.3 is 5.97 Å². The highest BCUT2D eigenvalue weighted by Crippen LogP contribution is 2.49. The lowest BCUT2D eigenvalue weighted by Crippen LogP contribution is -2.43. The molecule has 1 aromatic carbocycles. The van der Waals surface area contributed by atoms with Crippen LogP contribution in [0.15, 0.2) is 24.3 Å². The second-order valence-corrected chi connectivity index (χ2v) is 6.27. The third kappa shape index (κ3) is 2.80. The molecule has 0 aromatic heterocycles. The van der Waals surface area contributed by atoms with Crippen molar-refractivity contribution in [1.82, 2.24) is 4.90 Å². The number of carboxylic acids is 1. The minimum absolute atomic E-state index is 0.0543. The molecule has 1 N–H and O–H groups in total. The minimum atomic E-state index is -0.779. The summed E-state index contributed by atoms with van der Waals surface area (Å²) in [5, 5.41) is 9.12. The van der Waals surface area contributed by atoms with Crippen molar-refractivity contribution in [3.63, 3.8) is 0 Å². The van der Waals surface area contributed by atoms with Gasteiger partial charge in [0.1, 0.15) is 0 Å². The van der Waals surface area contributed by atoms with Crippen molar-refractivity contribution in [2.24, 2.45) is 11.8 Å². The molecule has 0 radical (unpaired) electrons. The minimum Gasteiger partial charge on any atom is -0.481 e. The Bertz CT molecular complexity index is 569. The third-order valence-electron chi connectivity index (χ3n) is 4.78. The predicted molar refractivity (Wildman–Crippen MR) is 79.0 cm³/mol. The molecule has 1 aliphatic heterocycles. The van der Waals surface area contributed by atoms with Crippen LogP contribution < -0.4 is 0 Å². The number of aryl methyl sites for hydroxylation is 1. The van der Waals surface area contributed by atoms with Crippen LogP contribution in [-0.2, 0) is 9.59 Å². The maximum absolute atomic E-state index is 12.6. The van der Waals surface area contributed by atoms with Crippen LogP contribution in [0.2, 0.25) is 0 Å². The van der Waals surface area contributed by atoms with Gasteiger partial charge in [0.15, 0.2) is 0 Å². The van der Waals surface area contributed by atoms with Gasteiger partial charge in [0.05, 0.1) is 5.92 Å². The molecule has 21 heavy (non-hydrogen) atoms. The molecule has 2 aliphatic rings. The van der Waals surface area contributed by atoms with Crippen LogP contribution in [0.25, 0.3) is 0 Å². The van der Waals surface area contributed by atoms with Crippen LogP contribution in [0.3, 0.4) is 0 Å². The number of aliphatic carboxylic acids is 1. The summed E-state index contributed by atoms with van der Waals surface area (Å²) in [5.41, 5.74) is 2.50. The number of rotatable bonds is 3. The fraction of sp³-hybridized carbons (Fsp3) is 0.529. The Morgan fingerprint density at radius 2 is 2.05 bits per heavy atom. The van der Waals surface area contributed by atoms with Crippen molar-refractivity contribution in [3.05, 3.63) is 35.4 Å². The van der Waals surface area contributed by atoms with Gasteiger partial charge in [0.2, 0.25) is 5.91 Å². The lowest BCUT2D eigenvalue weighted by atomic mass is 9.97. The number of carbonyl (C=O) groups is 2. The smallest absolute Gasteiger partial charge is 0.308 e. The number of benzene rings is 1. The molecular weight excluding hydrogens is 266 g/mol. The summed E-state index contributed by atoms with van der Waals surface area (Å²) in [4.78, 5) is 25.4. The number of nitrogens with zero attached hydrogens (tertiary/aromatic N) is 1. The zero-order valence-electron chi connectivity index (χ0n) is 12.3. The summed E-state index contributed by atoms with van der Waals surface area (Å²) >= 11 is 0. The highest BCUT2D eigenvalue weighted by Gasteiger charge is 2.47. The molecule has 1 saturated carbocycles. The Hall–Kier alpha value is -1.84. The van der Waals surface area contributed by atoms with Crippen LogP contribution in [0, 0.1) is 18.8 Å². The van der Waals surface area contributed by atoms with Crippen LogP contribution in [-0.4, -0.2) is 35.0 Å². The second kappa shape index (κ2) is 5.51. The average Bonchev–Trinajstić information content (AvgIpc) is 3.27. The van der Waals surface area contributed by atoms with Crippen molar-refractivity contribution in [3.8, 4) is 0 Å². The summed E-state index contributed by atoms with van der Waals surface area (Å²) in [5.74, 6) is -0.645. The van der Waals surface area contributed by atoms with Crippen LogP contribution >= 0.6 is 0 Å². The molecule has 4 heteroatoms. The summed E-state index contributed by atoms with van der Waals surface area (Å²) < 4.78 is 0. The zero-order valence-corrected chi connectivity index (χ0v) is 12.3. The van der Waals surface area contributed by atoms with E-state index < -0.39 is 11.9 Å². The Morgan fingerprint density at radius 3 is 2.76 bits per heavy atom. The van der Waals surface area contributed by atoms with Gasteiger partial charge in [-0.15, -0.1) is 0 Å². The number of piperidine rings is 1. The summed E-state index contributed by atoms with van der Waals surface area (Å²) in [6, 6.07) is 8.21. The van der Waals surface area contributed by atoms with Crippen molar-refractivity contribution in [2.75, 3.05) is 13.1 Å². The highest BCUT2D eigenvalue weighted by molar-refractivity contribution is 5.84. The molecule has 0 unspecified atom stereocenters. The number of carboxylic acid groups (broad SMARTS) is 1. The number of likely N-dealkylation sites (tertiary alicyclic amines) is 1. The first-order valence-electron chi connectivity index (χ1n) is 7.65. The van der Waals surface area contributed by atoms with E-state index in [2.05, 4.69) is 19.1 Å². The first-order chi connectivity index (χ1) is 10.1. The molecule has 0 bridgehead atoms. The summed E-state index contributed by atoms with van der Waals surface area (Å²) in [6.07, 6.45) is 2.38. The average molecular weight is 287 g/mol. The molecule has 1 heterocycles. The van der Waals surface area contributed by atoms with E-state index in [9.17, 15) is 9.59 Å². The fourth-order valence-corrected chi connectivity index (χ4v) is 3.43. The molecule has 112 valence electrons. The normalized spacial score (nSPS) is 28.2. The fourth-order valence-electron chi connectivity index (χ4n) is 3.43. The molecule has 0 spiro atoms. The molecular formula is C17H21NO3. The number of hydrogen-bond donors (Lipinski definition) is 1. The first-order valence-corrected chi connectivity index (χ1v) is 7.65. The molecule has 3 atom stereocenters. The second-order valence-electron chi connectivity index (χ2n) is 6.27. The Morgan fingerprint density at radius 1 is 1.29 bits per heavy atom. The SMILES string of the molecule is Cc1ccccc1[C@H]1C[C@@H]1C(=O)N1CCC[C@H](C(=O)O)C1. The zero-order chi connectivity index (χ0) is 15.0. The maximum atomic E-state index is 12.6. The van der Waals surface area contributed by atoms with Crippen LogP contribution in [0.4, 0.5) is 0 Å². The topological polar surface area (TPSA) is 57.6 Å². The Balaban J connectivity index is 1.65. The number of hydrogen-bond acceptors (Lipinski definition) is 2. The summed E-state index contributed by atoms with van der Waals surface area (Å²) in [6.45, 7) is 3.17. The number of carbonyl (C=O) groups excluding carboxylic acids is 1. The molecule has 4 nitrogen and oxygen atoms in total. The van der Waals surface area contributed by atoms with E-state index >= 15 is 0 Å². The van der Waals surface area contributed by atoms with Gasteiger partial charge in [-0.05, 0) is 43.2 Å². The van der Waals surface area contributed by atoms with Crippen molar-refractivity contribution in [1.29, 1.82) is 0 Å². The van der Waals surface area contributed by atoms with Gasteiger partial charge in [0, 0.05) is 19.0 Å². The first kappa shape index (κ1) is 14.1. The van der Waals surface area contributed by atoms with E-state index in [1.165, 1.54) is 11.1 Å². The van der Waals surface area contributed by atoms with Gasteiger partial charge in [0.25, 0.3) is 0 Å². The van der Waals surface area contributed by atoms with E-state index in [4.69, 9.17) is 5.11 Å². The highest BCUT2D eigenvalue weighted by atomic mass is 16.4. The van der Waals surface area contributed by atoms with E-state index in [0.717, 1.165) is 12.8 Å². The standard InChI is InChI=1S/C17H21NO3/c1-11-5-2-3-7-13(11)14-9-15(14)16(19)18-8-4-6-12(10-18)17(20)21/h2-3,5,7,12,14-15H,4,6,8-10H2,1H3,(H,20,21)/t12-,14+,15-/m0/s1. The Labute approximate surface area is 124 Å². The molecule has 1 aromatic rings. The van der Waals surface area contributed by atoms with Crippen molar-refractivity contribution >= 4 is 11.9 Å². The lowest BCUT2D eigenvalue weighted by Gasteiger charge is -2.31. The van der Waals surface area contributed by atoms with E-state index in [1.54, 1.807) is 4.90 Å². The van der Waals surface area contributed by atoms with Crippen LogP contribution in [0.1, 0.15) is 36.3 Å². The molecule has 1 amide bonds. The van der Waals surface area contributed by atoms with Gasteiger partial charge in [-0.1, -0.05) is 24.3 Å². The van der Waals surface area contributed by atoms with Crippen molar-refractivity contribution < 1.29 is 14.7 Å². The molecule has 1 saturated heterocycles. The lowest BCUT2D eigenvalue weighted by molar-refractivity contribution is -0.146. The maximum Gasteiger partial charge on any atom is 0.308 e. The quantitative estimate of drug-likeness (QED) is 0.929. The monoisotopic (exact) mass is 287 g/mol. The van der Waals surface area contributed by atoms with Gasteiger partial charge in [-0.3, -0.25) is 9.59 Å². The number of amides is 1. The van der Waals surface area contributed by atoms with E-state index in [1.807, 2.05) is 12.1 Å². The Kier molecular flexibility index (Phi) is 3.70. The molecule has 2 fully saturated rings. The predicted octanol–water partition coefficient (Wildman–Crippen LogP) is 2.42. The molecule has 1 aliphatic carbocycles. The largest absolute Gasteiger partial charge is 0.481 e. The summed E-state index contributed by atoms with van der Waals surface area (Å²) in [7, 11) is 0. The van der Waals surface area contributed by atoms with Gasteiger partial charge in [-0.25, -0.2) is 0 Å². The van der Waals surface area contributed by atoms with Crippen molar-refractivity contribution in [2.45, 2.75) is 32.1 Å². The third-order valence-corrected chi connectivity index (χ3v) is 4.78. The van der Waals surface area contributed by atoms with Crippen LogP contribution in [0.5, 0.6) is 0 Å². The van der Waals surface area contributed by atoms with Gasteiger partial charge in [-0.2, -0.15) is 0 Å². The van der Waals surface area contributed by atoms with E-state index in [0.29, 0.717) is 25.4 Å². The molecule has 3 rings (SSSR count).